The predicted octanol–water partition coefficient (Wildman–Crippen LogP) is 1.81. The number of hydrogen-bond acceptors (Lipinski definition) is 2. The van der Waals surface area contributed by atoms with Gasteiger partial charge in [0.25, 0.3) is 0 Å². The van der Waals surface area contributed by atoms with Crippen molar-refractivity contribution >= 4 is 5.91 Å². The number of nitrogens with one attached hydrogen (secondary N) is 1. The van der Waals surface area contributed by atoms with E-state index in [1.54, 1.807) is 0 Å². The van der Waals surface area contributed by atoms with Crippen LogP contribution in [0.5, 0.6) is 0 Å². The molecule has 0 bridgehead atoms. The van der Waals surface area contributed by atoms with Gasteiger partial charge in [-0.2, -0.15) is 0 Å². The lowest BCUT2D eigenvalue weighted by molar-refractivity contribution is -0.123. The second kappa shape index (κ2) is 7.80. The molecule has 0 aliphatic rings. The normalized spacial score (nSPS) is 12.9. The number of carbonyl (C=O) groups is 1. The van der Waals surface area contributed by atoms with Crippen molar-refractivity contribution in [2.45, 2.75) is 65.0 Å². The van der Waals surface area contributed by atoms with Crippen LogP contribution in [-0.4, -0.2) is 18.0 Å². The summed E-state index contributed by atoms with van der Waals surface area (Å²) < 4.78 is 0. The van der Waals surface area contributed by atoms with Crippen molar-refractivity contribution in [2.24, 2.45) is 5.73 Å². The number of hydrogen-bond donors (Lipinski definition) is 2. The third-order valence-electron chi connectivity index (χ3n) is 2.54. The quantitative estimate of drug-likeness (QED) is 0.658. The molecule has 1 amide bonds. The minimum absolute atomic E-state index is 0.00662. The Morgan fingerprint density at radius 2 is 1.86 bits per heavy atom. The molecule has 0 aromatic rings. The van der Waals surface area contributed by atoms with Gasteiger partial charge in [0.05, 0.1) is 6.04 Å². The maximum absolute atomic E-state index is 11.5. The number of amides is 1. The first-order valence-corrected chi connectivity index (χ1v) is 5.71. The zero-order chi connectivity index (χ0) is 11.0. The SMILES string of the molecule is CCCC[C@H](N)C(=O)NC(CC)CC. The minimum atomic E-state index is -0.324. The molecule has 1 atom stereocenters. The van der Waals surface area contributed by atoms with Crippen molar-refractivity contribution in [3.8, 4) is 0 Å². The molecule has 0 radical (unpaired) electrons. The fraction of sp³-hybridized carbons (Fsp3) is 0.909. The number of rotatable bonds is 7. The average Bonchev–Trinajstić information content (AvgIpc) is 2.21. The van der Waals surface area contributed by atoms with Crippen LogP contribution in [0, 0.1) is 0 Å². The van der Waals surface area contributed by atoms with E-state index in [9.17, 15) is 4.79 Å². The minimum Gasteiger partial charge on any atom is -0.352 e. The molecule has 0 heterocycles. The molecule has 0 unspecified atom stereocenters. The summed E-state index contributed by atoms with van der Waals surface area (Å²) in [5.41, 5.74) is 5.75. The summed E-state index contributed by atoms with van der Waals surface area (Å²) in [6.45, 7) is 6.25. The fourth-order valence-corrected chi connectivity index (χ4v) is 1.36. The molecular weight excluding hydrogens is 176 g/mol. The van der Waals surface area contributed by atoms with Crippen LogP contribution in [0.25, 0.3) is 0 Å². The topological polar surface area (TPSA) is 55.1 Å². The van der Waals surface area contributed by atoms with Crippen LogP contribution in [0.15, 0.2) is 0 Å². The zero-order valence-electron chi connectivity index (χ0n) is 9.68. The van der Waals surface area contributed by atoms with Gasteiger partial charge < -0.3 is 11.1 Å². The third-order valence-corrected chi connectivity index (χ3v) is 2.54. The van der Waals surface area contributed by atoms with Crippen molar-refractivity contribution in [3.05, 3.63) is 0 Å². The third kappa shape index (κ3) is 5.22. The van der Waals surface area contributed by atoms with Gasteiger partial charge in [0.15, 0.2) is 0 Å². The maximum Gasteiger partial charge on any atom is 0.237 e. The van der Waals surface area contributed by atoms with Gasteiger partial charge in [-0.05, 0) is 19.3 Å². The lowest BCUT2D eigenvalue weighted by Crippen LogP contribution is -2.44. The Kier molecular flexibility index (Phi) is 7.48. The van der Waals surface area contributed by atoms with E-state index in [1.807, 2.05) is 0 Å². The van der Waals surface area contributed by atoms with Crippen molar-refractivity contribution in [2.75, 3.05) is 0 Å². The van der Waals surface area contributed by atoms with Gasteiger partial charge in [-0.15, -0.1) is 0 Å². The van der Waals surface area contributed by atoms with Crippen LogP contribution in [0.1, 0.15) is 52.9 Å². The first-order valence-electron chi connectivity index (χ1n) is 5.71. The smallest absolute Gasteiger partial charge is 0.237 e. The molecule has 0 aliphatic carbocycles. The molecule has 0 saturated heterocycles. The van der Waals surface area contributed by atoms with Crippen molar-refractivity contribution < 1.29 is 4.79 Å². The molecular formula is C11H24N2O. The summed E-state index contributed by atoms with van der Waals surface area (Å²) in [7, 11) is 0. The van der Waals surface area contributed by atoms with Crippen molar-refractivity contribution in [1.29, 1.82) is 0 Å². The Balaban J connectivity index is 3.81. The van der Waals surface area contributed by atoms with Crippen LogP contribution in [0.4, 0.5) is 0 Å². The van der Waals surface area contributed by atoms with E-state index in [4.69, 9.17) is 5.73 Å². The summed E-state index contributed by atoms with van der Waals surface area (Å²) >= 11 is 0. The first kappa shape index (κ1) is 13.4. The molecule has 0 fully saturated rings. The van der Waals surface area contributed by atoms with E-state index in [0.717, 1.165) is 32.1 Å². The Morgan fingerprint density at radius 1 is 1.29 bits per heavy atom. The second-order valence-electron chi connectivity index (χ2n) is 3.77. The van der Waals surface area contributed by atoms with Crippen molar-refractivity contribution in [3.63, 3.8) is 0 Å². The molecule has 3 N–H and O–H groups in total. The molecule has 0 spiro atoms. The summed E-state index contributed by atoms with van der Waals surface area (Å²) in [4.78, 5) is 11.5. The van der Waals surface area contributed by atoms with Gasteiger partial charge >= 0.3 is 0 Å². The second-order valence-corrected chi connectivity index (χ2v) is 3.77. The standard InChI is InChI=1S/C11H24N2O/c1-4-7-8-10(12)11(14)13-9(5-2)6-3/h9-10H,4-8,12H2,1-3H3,(H,13,14)/t10-/m0/s1. The van der Waals surface area contributed by atoms with E-state index in [2.05, 4.69) is 26.1 Å². The summed E-state index contributed by atoms with van der Waals surface area (Å²) in [6.07, 6.45) is 4.86. The average molecular weight is 200 g/mol. The van der Waals surface area contributed by atoms with Crippen LogP contribution < -0.4 is 11.1 Å². The molecule has 3 nitrogen and oxygen atoms in total. The van der Waals surface area contributed by atoms with Crippen LogP contribution in [0.3, 0.4) is 0 Å². The Bertz CT molecular complexity index is 155. The highest BCUT2D eigenvalue weighted by Gasteiger charge is 2.15. The van der Waals surface area contributed by atoms with Crippen LogP contribution in [-0.2, 0) is 4.79 Å². The van der Waals surface area contributed by atoms with E-state index >= 15 is 0 Å². The molecule has 0 rings (SSSR count). The lowest BCUT2D eigenvalue weighted by atomic mass is 10.1. The molecule has 14 heavy (non-hydrogen) atoms. The summed E-state index contributed by atoms with van der Waals surface area (Å²) in [5.74, 6) is 0.00662. The molecule has 0 aromatic heterocycles. The highest BCUT2D eigenvalue weighted by Crippen LogP contribution is 2.01. The number of nitrogens with two attached hydrogens (primary N) is 1. The molecule has 0 aromatic carbocycles. The van der Waals surface area contributed by atoms with E-state index < -0.39 is 0 Å². The largest absolute Gasteiger partial charge is 0.352 e. The zero-order valence-corrected chi connectivity index (χ0v) is 9.68. The van der Waals surface area contributed by atoms with Gasteiger partial charge in [-0.25, -0.2) is 0 Å². The number of unbranched alkanes of at least 4 members (excludes halogenated alkanes) is 1. The van der Waals surface area contributed by atoms with Gasteiger partial charge in [-0.1, -0.05) is 33.6 Å². The van der Waals surface area contributed by atoms with Gasteiger partial charge in [0.2, 0.25) is 5.91 Å². The Hall–Kier alpha value is -0.570. The van der Waals surface area contributed by atoms with Gasteiger partial charge in [-0.3, -0.25) is 4.79 Å². The van der Waals surface area contributed by atoms with Crippen molar-refractivity contribution in [1.82, 2.24) is 5.32 Å². The Labute approximate surface area is 87.4 Å². The monoisotopic (exact) mass is 200 g/mol. The van der Waals surface area contributed by atoms with Gasteiger partial charge in [0.1, 0.15) is 0 Å². The lowest BCUT2D eigenvalue weighted by Gasteiger charge is -2.18. The molecule has 84 valence electrons. The maximum atomic E-state index is 11.5. The van der Waals surface area contributed by atoms with E-state index in [1.165, 1.54) is 0 Å². The molecule has 0 aliphatic heterocycles. The summed E-state index contributed by atoms with van der Waals surface area (Å²) in [5, 5.41) is 2.96. The number of carbonyl (C=O) groups excluding carboxylic acids is 1. The summed E-state index contributed by atoms with van der Waals surface area (Å²) in [6, 6.07) is -0.0364. The first-order chi connectivity index (χ1) is 6.65. The van der Waals surface area contributed by atoms with Crippen LogP contribution >= 0.6 is 0 Å². The molecule has 3 heteroatoms. The van der Waals surface area contributed by atoms with E-state index in [-0.39, 0.29) is 18.0 Å². The van der Waals surface area contributed by atoms with Crippen LogP contribution in [0.2, 0.25) is 0 Å². The van der Waals surface area contributed by atoms with E-state index in [0.29, 0.717) is 0 Å². The highest BCUT2D eigenvalue weighted by atomic mass is 16.2. The fourth-order valence-electron chi connectivity index (χ4n) is 1.36. The predicted molar refractivity (Wildman–Crippen MR) is 60.0 cm³/mol. The molecule has 0 saturated carbocycles. The Morgan fingerprint density at radius 3 is 2.29 bits per heavy atom. The van der Waals surface area contributed by atoms with Gasteiger partial charge in [0, 0.05) is 6.04 Å². The highest BCUT2D eigenvalue weighted by molar-refractivity contribution is 5.81.